The van der Waals surface area contributed by atoms with Crippen LogP contribution in [0.15, 0.2) is 48.8 Å². The van der Waals surface area contributed by atoms with Crippen LogP contribution in [0.5, 0.6) is 0 Å². The average molecular weight is 269 g/mol. The van der Waals surface area contributed by atoms with Gasteiger partial charge in [-0.3, -0.25) is 4.98 Å². The zero-order valence-corrected chi connectivity index (χ0v) is 11.5. The van der Waals surface area contributed by atoms with Gasteiger partial charge in [0.15, 0.2) is 5.11 Å². The Morgan fingerprint density at radius 2 is 2.16 bits per heavy atom. The normalized spacial score (nSPS) is 17.1. The molecule has 2 heterocycles. The van der Waals surface area contributed by atoms with E-state index in [1.165, 1.54) is 11.3 Å². The van der Waals surface area contributed by atoms with Crippen molar-refractivity contribution >= 4 is 28.7 Å². The van der Waals surface area contributed by atoms with Gasteiger partial charge in [-0.1, -0.05) is 18.2 Å². The van der Waals surface area contributed by atoms with Crippen LogP contribution in [0.4, 0.5) is 11.4 Å². The van der Waals surface area contributed by atoms with Gasteiger partial charge in [-0.05, 0) is 49.3 Å². The van der Waals surface area contributed by atoms with Crippen LogP contribution >= 0.6 is 12.2 Å². The van der Waals surface area contributed by atoms with Crippen LogP contribution in [0, 0.1) is 0 Å². The van der Waals surface area contributed by atoms with E-state index in [0.717, 1.165) is 17.2 Å². The Balaban J connectivity index is 1.84. The summed E-state index contributed by atoms with van der Waals surface area (Å²) in [6.45, 7) is 2.19. The molecule has 1 aromatic heterocycles. The summed E-state index contributed by atoms with van der Waals surface area (Å²) in [6.07, 6.45) is 4.56. The molecule has 1 atom stereocenters. The molecule has 4 heteroatoms. The van der Waals surface area contributed by atoms with Crippen molar-refractivity contribution < 1.29 is 0 Å². The molecule has 0 spiro atoms. The fraction of sp³-hybridized carbons (Fsp3) is 0.200. The van der Waals surface area contributed by atoms with Crippen molar-refractivity contribution in [2.24, 2.45) is 0 Å². The number of pyridine rings is 1. The summed E-state index contributed by atoms with van der Waals surface area (Å²) in [5.74, 6) is 0. The standard InChI is InChI=1S/C15H15N3S/c1-11-9-12-5-2-3-7-14(12)18(11)15(19)17-13-6-4-8-16-10-13/h2-8,10-11H,9H2,1H3,(H,17,19)/t11-/m0/s1. The van der Waals surface area contributed by atoms with E-state index in [2.05, 4.69) is 46.4 Å². The van der Waals surface area contributed by atoms with Gasteiger partial charge in [0.2, 0.25) is 0 Å². The fourth-order valence-electron chi connectivity index (χ4n) is 2.50. The molecule has 0 saturated carbocycles. The fourth-order valence-corrected chi connectivity index (χ4v) is 2.89. The molecule has 0 amide bonds. The van der Waals surface area contributed by atoms with Crippen molar-refractivity contribution in [2.75, 3.05) is 10.2 Å². The highest BCUT2D eigenvalue weighted by Gasteiger charge is 2.28. The van der Waals surface area contributed by atoms with E-state index >= 15 is 0 Å². The number of aromatic nitrogens is 1. The zero-order chi connectivity index (χ0) is 13.2. The third-order valence-electron chi connectivity index (χ3n) is 3.34. The lowest BCUT2D eigenvalue weighted by molar-refractivity contribution is 0.776. The van der Waals surface area contributed by atoms with Gasteiger partial charge >= 0.3 is 0 Å². The molecule has 2 aromatic rings. The van der Waals surface area contributed by atoms with Gasteiger partial charge in [0.1, 0.15) is 0 Å². The molecule has 0 bridgehead atoms. The summed E-state index contributed by atoms with van der Waals surface area (Å²) >= 11 is 5.54. The predicted molar refractivity (Wildman–Crippen MR) is 82.5 cm³/mol. The summed E-state index contributed by atoms with van der Waals surface area (Å²) in [6, 6.07) is 12.7. The Kier molecular flexibility index (Phi) is 3.17. The summed E-state index contributed by atoms with van der Waals surface area (Å²) in [5, 5.41) is 3.98. The number of rotatable bonds is 1. The molecule has 96 valence electrons. The highest BCUT2D eigenvalue weighted by molar-refractivity contribution is 7.80. The van der Waals surface area contributed by atoms with E-state index in [4.69, 9.17) is 12.2 Å². The number of fused-ring (bicyclic) bond motifs is 1. The maximum Gasteiger partial charge on any atom is 0.178 e. The van der Waals surface area contributed by atoms with Crippen molar-refractivity contribution in [1.82, 2.24) is 4.98 Å². The highest BCUT2D eigenvalue weighted by Crippen LogP contribution is 2.32. The first-order valence-corrected chi connectivity index (χ1v) is 6.74. The van der Waals surface area contributed by atoms with E-state index in [0.29, 0.717) is 6.04 Å². The minimum Gasteiger partial charge on any atom is -0.331 e. The van der Waals surface area contributed by atoms with Gasteiger partial charge in [-0.25, -0.2) is 0 Å². The molecule has 1 aliphatic heterocycles. The molecular weight excluding hydrogens is 254 g/mol. The quantitative estimate of drug-likeness (QED) is 0.805. The molecule has 1 aliphatic rings. The molecule has 1 aromatic carbocycles. The Labute approximate surface area is 118 Å². The van der Waals surface area contributed by atoms with Crippen molar-refractivity contribution in [3.8, 4) is 0 Å². The Morgan fingerprint density at radius 3 is 2.95 bits per heavy atom. The maximum atomic E-state index is 5.54. The third kappa shape index (κ3) is 2.31. The number of hydrogen-bond acceptors (Lipinski definition) is 2. The van der Waals surface area contributed by atoms with E-state index in [1.807, 2.05) is 12.1 Å². The first kappa shape index (κ1) is 12.1. The van der Waals surface area contributed by atoms with Gasteiger partial charge in [0, 0.05) is 17.9 Å². The third-order valence-corrected chi connectivity index (χ3v) is 3.64. The molecular formula is C15H15N3S. The molecule has 3 rings (SSSR count). The minimum atomic E-state index is 0.383. The lowest BCUT2D eigenvalue weighted by Crippen LogP contribution is -2.38. The highest BCUT2D eigenvalue weighted by atomic mass is 32.1. The number of nitrogens with one attached hydrogen (secondary N) is 1. The van der Waals surface area contributed by atoms with Crippen LogP contribution in [-0.4, -0.2) is 16.1 Å². The van der Waals surface area contributed by atoms with Gasteiger partial charge in [-0.15, -0.1) is 0 Å². The van der Waals surface area contributed by atoms with Crippen LogP contribution in [0.1, 0.15) is 12.5 Å². The predicted octanol–water partition coefficient (Wildman–Crippen LogP) is 3.23. The maximum absolute atomic E-state index is 5.54. The lowest BCUT2D eigenvalue weighted by Gasteiger charge is -2.25. The molecule has 0 saturated heterocycles. The number of benzene rings is 1. The second kappa shape index (κ2) is 4.97. The van der Waals surface area contributed by atoms with Gasteiger partial charge in [0.25, 0.3) is 0 Å². The van der Waals surface area contributed by atoms with Crippen molar-refractivity contribution in [1.29, 1.82) is 0 Å². The van der Waals surface area contributed by atoms with E-state index < -0.39 is 0 Å². The van der Waals surface area contributed by atoms with Crippen LogP contribution in [0.3, 0.4) is 0 Å². The number of thiocarbonyl (C=S) groups is 1. The summed E-state index contributed by atoms with van der Waals surface area (Å²) in [7, 11) is 0. The summed E-state index contributed by atoms with van der Waals surface area (Å²) in [4.78, 5) is 6.27. The largest absolute Gasteiger partial charge is 0.331 e. The molecule has 0 aliphatic carbocycles. The Bertz CT molecular complexity index is 597. The first-order valence-electron chi connectivity index (χ1n) is 6.34. The van der Waals surface area contributed by atoms with Crippen LogP contribution in [0.2, 0.25) is 0 Å². The number of anilines is 2. The topological polar surface area (TPSA) is 28.2 Å². The molecule has 0 radical (unpaired) electrons. The molecule has 3 nitrogen and oxygen atoms in total. The summed E-state index contributed by atoms with van der Waals surface area (Å²) in [5.41, 5.74) is 3.48. The monoisotopic (exact) mass is 269 g/mol. The molecule has 0 fully saturated rings. The molecule has 1 N–H and O–H groups in total. The smallest absolute Gasteiger partial charge is 0.178 e. The number of nitrogens with zero attached hydrogens (tertiary/aromatic N) is 2. The van der Waals surface area contributed by atoms with Gasteiger partial charge in [0.05, 0.1) is 11.9 Å². The zero-order valence-electron chi connectivity index (χ0n) is 10.7. The number of hydrogen-bond donors (Lipinski definition) is 1. The van der Waals surface area contributed by atoms with Crippen molar-refractivity contribution in [2.45, 2.75) is 19.4 Å². The minimum absolute atomic E-state index is 0.383. The van der Waals surface area contributed by atoms with E-state index in [-0.39, 0.29) is 0 Å². The number of para-hydroxylation sites is 1. The van der Waals surface area contributed by atoms with E-state index in [1.54, 1.807) is 12.4 Å². The van der Waals surface area contributed by atoms with E-state index in [9.17, 15) is 0 Å². The molecule has 19 heavy (non-hydrogen) atoms. The van der Waals surface area contributed by atoms with Crippen molar-refractivity contribution in [3.63, 3.8) is 0 Å². The lowest BCUT2D eigenvalue weighted by atomic mass is 10.1. The van der Waals surface area contributed by atoms with Gasteiger partial charge < -0.3 is 10.2 Å². The summed E-state index contributed by atoms with van der Waals surface area (Å²) < 4.78 is 0. The van der Waals surface area contributed by atoms with Gasteiger partial charge in [-0.2, -0.15) is 0 Å². The average Bonchev–Trinajstić information content (AvgIpc) is 2.75. The van der Waals surface area contributed by atoms with Crippen LogP contribution in [0.25, 0.3) is 0 Å². The second-order valence-electron chi connectivity index (χ2n) is 4.72. The Hall–Kier alpha value is -1.94. The van der Waals surface area contributed by atoms with Crippen LogP contribution < -0.4 is 10.2 Å². The SMILES string of the molecule is C[C@H]1Cc2ccccc2N1C(=S)Nc1cccnc1. The first-order chi connectivity index (χ1) is 9.25. The molecule has 0 unspecified atom stereocenters. The Morgan fingerprint density at radius 1 is 1.32 bits per heavy atom. The second-order valence-corrected chi connectivity index (χ2v) is 5.11. The van der Waals surface area contributed by atoms with Crippen LogP contribution in [-0.2, 0) is 6.42 Å². The van der Waals surface area contributed by atoms with Crippen molar-refractivity contribution in [3.05, 3.63) is 54.4 Å².